The zero-order chi connectivity index (χ0) is 11.4. The molecule has 1 atom stereocenters. The molecular formula is C6H13F2N3O2S. The first kappa shape index (κ1) is 13.2. The molecule has 0 aromatic heterocycles. The van der Waals surface area contributed by atoms with Gasteiger partial charge in [-0.05, 0) is 6.42 Å². The number of hydrogen-bond acceptors (Lipinski definition) is 3. The molecule has 0 heterocycles. The molecule has 0 spiro atoms. The van der Waals surface area contributed by atoms with Crippen LogP contribution in [0.15, 0.2) is 0 Å². The van der Waals surface area contributed by atoms with Gasteiger partial charge in [0.15, 0.2) is 0 Å². The standard InChI is InChI=1S/C6H13F2N3O2S/c1-2-4(3-5(9)10)11-14(12,13)6(7)8/h4,6,11H,2-3H2,1H3,(H3,9,10). The Morgan fingerprint density at radius 3 is 2.36 bits per heavy atom. The van der Waals surface area contributed by atoms with Gasteiger partial charge in [0.2, 0.25) is 0 Å². The summed E-state index contributed by atoms with van der Waals surface area (Å²) in [5.74, 6) is -3.70. The number of alkyl halides is 2. The van der Waals surface area contributed by atoms with Gasteiger partial charge in [-0.15, -0.1) is 0 Å². The summed E-state index contributed by atoms with van der Waals surface area (Å²) in [4.78, 5) is 0. The first-order chi connectivity index (χ1) is 6.29. The van der Waals surface area contributed by atoms with Crippen LogP contribution < -0.4 is 10.5 Å². The number of nitrogens with two attached hydrogens (primary N) is 1. The van der Waals surface area contributed by atoms with Gasteiger partial charge in [-0.1, -0.05) is 6.92 Å². The second-order valence-electron chi connectivity index (χ2n) is 2.76. The number of hydrogen-bond donors (Lipinski definition) is 3. The van der Waals surface area contributed by atoms with E-state index in [4.69, 9.17) is 11.1 Å². The van der Waals surface area contributed by atoms with E-state index in [-0.39, 0.29) is 12.3 Å². The lowest BCUT2D eigenvalue weighted by atomic mass is 10.1. The second kappa shape index (κ2) is 5.20. The molecule has 0 saturated carbocycles. The fraction of sp³-hybridized carbons (Fsp3) is 0.833. The lowest BCUT2D eigenvalue weighted by Crippen LogP contribution is -2.40. The monoisotopic (exact) mass is 229 g/mol. The van der Waals surface area contributed by atoms with Gasteiger partial charge >= 0.3 is 5.76 Å². The Labute approximate surface area is 81.2 Å². The van der Waals surface area contributed by atoms with Gasteiger partial charge in [-0.2, -0.15) is 8.78 Å². The van der Waals surface area contributed by atoms with E-state index >= 15 is 0 Å². The van der Waals surface area contributed by atoms with Gasteiger partial charge in [0.1, 0.15) is 0 Å². The van der Waals surface area contributed by atoms with E-state index in [0.717, 1.165) is 0 Å². The van der Waals surface area contributed by atoms with E-state index < -0.39 is 21.8 Å². The Morgan fingerprint density at radius 1 is 1.57 bits per heavy atom. The predicted octanol–water partition coefficient (Wildman–Crippen LogP) is 0.233. The summed E-state index contributed by atoms with van der Waals surface area (Å²) in [5.41, 5.74) is 5.02. The number of amidine groups is 1. The molecule has 0 aliphatic rings. The Kier molecular flexibility index (Phi) is 4.92. The van der Waals surface area contributed by atoms with Crippen molar-refractivity contribution in [2.45, 2.75) is 31.6 Å². The molecule has 0 radical (unpaired) electrons. The third kappa shape index (κ3) is 4.47. The highest BCUT2D eigenvalue weighted by Gasteiger charge is 2.26. The zero-order valence-corrected chi connectivity index (χ0v) is 8.44. The van der Waals surface area contributed by atoms with Crippen molar-refractivity contribution < 1.29 is 17.2 Å². The average Bonchev–Trinajstić information content (AvgIpc) is 2.01. The van der Waals surface area contributed by atoms with Crippen LogP contribution in [0.4, 0.5) is 8.78 Å². The predicted molar refractivity (Wildman–Crippen MR) is 48.7 cm³/mol. The number of halogens is 2. The third-order valence-electron chi connectivity index (χ3n) is 1.52. The van der Waals surface area contributed by atoms with Crippen molar-refractivity contribution in [2.75, 3.05) is 0 Å². The zero-order valence-electron chi connectivity index (χ0n) is 7.63. The molecule has 0 fully saturated rings. The van der Waals surface area contributed by atoms with Crippen molar-refractivity contribution in [3.63, 3.8) is 0 Å². The topological polar surface area (TPSA) is 96.0 Å². The van der Waals surface area contributed by atoms with Gasteiger partial charge in [-0.25, -0.2) is 13.1 Å². The number of nitrogens with one attached hydrogen (secondary N) is 2. The maximum absolute atomic E-state index is 11.9. The maximum Gasteiger partial charge on any atom is 0.350 e. The highest BCUT2D eigenvalue weighted by atomic mass is 32.2. The highest BCUT2D eigenvalue weighted by Crippen LogP contribution is 2.06. The summed E-state index contributed by atoms with van der Waals surface area (Å²) in [6.07, 6.45) is 0.230. The normalized spacial score (nSPS) is 14.3. The van der Waals surface area contributed by atoms with Crippen LogP contribution in [0.25, 0.3) is 0 Å². The van der Waals surface area contributed by atoms with E-state index in [1.807, 2.05) is 0 Å². The molecule has 14 heavy (non-hydrogen) atoms. The maximum atomic E-state index is 11.9. The van der Waals surface area contributed by atoms with E-state index in [9.17, 15) is 17.2 Å². The third-order valence-corrected chi connectivity index (χ3v) is 2.66. The molecule has 4 N–H and O–H groups in total. The summed E-state index contributed by atoms with van der Waals surface area (Å²) >= 11 is 0. The molecule has 5 nitrogen and oxygen atoms in total. The van der Waals surface area contributed by atoms with Crippen LogP contribution in [0, 0.1) is 5.41 Å². The van der Waals surface area contributed by atoms with Crippen LogP contribution in [0.3, 0.4) is 0 Å². The molecule has 0 aliphatic carbocycles. The SMILES string of the molecule is CCC(CC(=N)N)NS(=O)(=O)C(F)F. The smallest absolute Gasteiger partial charge is 0.350 e. The Hall–Kier alpha value is -0.760. The molecule has 0 aromatic rings. The average molecular weight is 229 g/mol. The van der Waals surface area contributed by atoms with Crippen LogP contribution in [0.5, 0.6) is 0 Å². The molecule has 0 amide bonds. The molecule has 0 aliphatic heterocycles. The van der Waals surface area contributed by atoms with Crippen molar-refractivity contribution in [2.24, 2.45) is 5.73 Å². The van der Waals surface area contributed by atoms with Crippen LogP contribution in [0.1, 0.15) is 19.8 Å². The molecular weight excluding hydrogens is 216 g/mol. The van der Waals surface area contributed by atoms with Gasteiger partial charge < -0.3 is 5.73 Å². The summed E-state index contributed by atoms with van der Waals surface area (Å²) in [6.45, 7) is 1.61. The fourth-order valence-corrected chi connectivity index (χ4v) is 1.64. The second-order valence-corrected chi connectivity index (χ2v) is 4.44. The highest BCUT2D eigenvalue weighted by molar-refractivity contribution is 7.89. The minimum Gasteiger partial charge on any atom is -0.388 e. The minimum absolute atomic E-state index is 0.0670. The fourth-order valence-electron chi connectivity index (χ4n) is 0.819. The number of sulfonamides is 1. The molecule has 84 valence electrons. The molecule has 0 saturated heterocycles. The van der Waals surface area contributed by atoms with E-state index in [0.29, 0.717) is 6.42 Å². The van der Waals surface area contributed by atoms with E-state index in [1.54, 1.807) is 11.6 Å². The van der Waals surface area contributed by atoms with Crippen LogP contribution in [-0.2, 0) is 10.0 Å². The Bertz CT molecular complexity index is 291. The summed E-state index contributed by atoms with van der Waals surface area (Å²) < 4.78 is 47.0. The van der Waals surface area contributed by atoms with Gasteiger partial charge in [0.05, 0.1) is 5.84 Å². The van der Waals surface area contributed by atoms with Gasteiger partial charge in [-0.3, -0.25) is 5.41 Å². The molecule has 0 bridgehead atoms. The first-order valence-corrected chi connectivity index (χ1v) is 5.46. The summed E-state index contributed by atoms with van der Waals surface area (Å²) in [6, 6.07) is -0.744. The van der Waals surface area contributed by atoms with Crippen LogP contribution >= 0.6 is 0 Å². The lowest BCUT2D eigenvalue weighted by Gasteiger charge is -2.15. The lowest BCUT2D eigenvalue weighted by molar-refractivity contribution is 0.231. The molecule has 1 unspecified atom stereocenters. The molecule has 0 rings (SSSR count). The molecule has 0 aromatic carbocycles. The van der Waals surface area contributed by atoms with Gasteiger partial charge in [0.25, 0.3) is 10.0 Å². The summed E-state index contributed by atoms with van der Waals surface area (Å²) in [7, 11) is -4.59. The molecule has 8 heteroatoms. The Morgan fingerprint density at radius 2 is 2.07 bits per heavy atom. The van der Waals surface area contributed by atoms with Crippen molar-refractivity contribution in [1.82, 2.24) is 4.72 Å². The van der Waals surface area contributed by atoms with Crippen LogP contribution in [-0.4, -0.2) is 26.1 Å². The van der Waals surface area contributed by atoms with Crippen molar-refractivity contribution >= 4 is 15.9 Å². The quantitative estimate of drug-likeness (QED) is 0.449. The Balaban J connectivity index is 4.39. The first-order valence-electron chi connectivity index (χ1n) is 3.91. The largest absolute Gasteiger partial charge is 0.388 e. The minimum atomic E-state index is -4.59. The van der Waals surface area contributed by atoms with Crippen LogP contribution in [0.2, 0.25) is 0 Å². The van der Waals surface area contributed by atoms with E-state index in [1.165, 1.54) is 0 Å². The summed E-state index contributed by atoms with van der Waals surface area (Å²) in [5, 5.41) is 6.90. The van der Waals surface area contributed by atoms with E-state index in [2.05, 4.69) is 0 Å². The van der Waals surface area contributed by atoms with Crippen molar-refractivity contribution in [1.29, 1.82) is 5.41 Å². The van der Waals surface area contributed by atoms with Gasteiger partial charge in [0, 0.05) is 12.5 Å². The van der Waals surface area contributed by atoms with Crippen molar-refractivity contribution in [3.05, 3.63) is 0 Å². The van der Waals surface area contributed by atoms with Crippen molar-refractivity contribution in [3.8, 4) is 0 Å². The number of rotatable bonds is 6.